The van der Waals surface area contributed by atoms with Crippen molar-refractivity contribution in [1.29, 1.82) is 0 Å². The standard InChI is InChI=1S/C14H21N3O/c1-15-14(18)7-9-17(2)13-5-3-4-11-10-16-8-6-12(11)13/h3-5,16H,6-10H2,1-2H3,(H,15,18). The molecule has 98 valence electrons. The number of hydrogen-bond donors (Lipinski definition) is 2. The molecule has 0 unspecified atom stereocenters. The molecule has 1 aliphatic rings. The Bertz CT molecular complexity index is 431. The van der Waals surface area contributed by atoms with E-state index in [4.69, 9.17) is 0 Å². The molecular weight excluding hydrogens is 226 g/mol. The summed E-state index contributed by atoms with van der Waals surface area (Å²) in [5.41, 5.74) is 4.07. The van der Waals surface area contributed by atoms with Crippen LogP contribution in [0.1, 0.15) is 17.5 Å². The summed E-state index contributed by atoms with van der Waals surface area (Å²) in [5.74, 6) is 0.0910. The highest BCUT2D eigenvalue weighted by atomic mass is 16.1. The van der Waals surface area contributed by atoms with Crippen molar-refractivity contribution in [2.24, 2.45) is 0 Å². The summed E-state index contributed by atoms with van der Waals surface area (Å²) < 4.78 is 0. The van der Waals surface area contributed by atoms with Crippen molar-refractivity contribution in [3.05, 3.63) is 29.3 Å². The van der Waals surface area contributed by atoms with Gasteiger partial charge in [0.05, 0.1) is 0 Å². The zero-order valence-corrected chi connectivity index (χ0v) is 11.1. The van der Waals surface area contributed by atoms with E-state index in [1.165, 1.54) is 16.8 Å². The van der Waals surface area contributed by atoms with Gasteiger partial charge in [0, 0.05) is 39.3 Å². The number of benzene rings is 1. The Morgan fingerprint density at radius 3 is 3.11 bits per heavy atom. The number of carbonyl (C=O) groups is 1. The monoisotopic (exact) mass is 247 g/mol. The van der Waals surface area contributed by atoms with Gasteiger partial charge in [0.1, 0.15) is 0 Å². The zero-order valence-electron chi connectivity index (χ0n) is 11.1. The van der Waals surface area contributed by atoms with Crippen LogP contribution in [0.15, 0.2) is 18.2 Å². The van der Waals surface area contributed by atoms with Crippen molar-refractivity contribution in [3.63, 3.8) is 0 Å². The van der Waals surface area contributed by atoms with E-state index in [2.05, 4.69) is 40.8 Å². The number of nitrogens with zero attached hydrogens (tertiary/aromatic N) is 1. The third kappa shape index (κ3) is 2.82. The van der Waals surface area contributed by atoms with Crippen LogP contribution in [0.4, 0.5) is 5.69 Å². The maximum atomic E-state index is 11.3. The van der Waals surface area contributed by atoms with Crippen LogP contribution in [0.2, 0.25) is 0 Å². The number of fused-ring (bicyclic) bond motifs is 1. The topological polar surface area (TPSA) is 44.4 Å². The molecular formula is C14H21N3O. The molecule has 0 aromatic heterocycles. The van der Waals surface area contributed by atoms with Crippen LogP contribution in [0.5, 0.6) is 0 Å². The van der Waals surface area contributed by atoms with Gasteiger partial charge in [-0.15, -0.1) is 0 Å². The Balaban J connectivity index is 2.10. The second kappa shape index (κ2) is 5.87. The number of amides is 1. The van der Waals surface area contributed by atoms with E-state index >= 15 is 0 Å². The Morgan fingerprint density at radius 2 is 2.33 bits per heavy atom. The van der Waals surface area contributed by atoms with Crippen LogP contribution < -0.4 is 15.5 Å². The van der Waals surface area contributed by atoms with Gasteiger partial charge in [-0.2, -0.15) is 0 Å². The number of nitrogens with one attached hydrogen (secondary N) is 2. The first-order chi connectivity index (χ1) is 8.72. The quantitative estimate of drug-likeness (QED) is 0.831. The summed E-state index contributed by atoms with van der Waals surface area (Å²) >= 11 is 0. The molecule has 1 amide bonds. The lowest BCUT2D eigenvalue weighted by Gasteiger charge is -2.26. The van der Waals surface area contributed by atoms with Crippen LogP contribution in [-0.2, 0) is 17.8 Å². The Hall–Kier alpha value is -1.55. The fourth-order valence-corrected chi connectivity index (χ4v) is 2.38. The molecule has 4 nitrogen and oxygen atoms in total. The molecule has 2 rings (SSSR count). The van der Waals surface area contributed by atoms with E-state index in [1.54, 1.807) is 7.05 Å². The molecule has 0 saturated heterocycles. The molecule has 1 aromatic carbocycles. The van der Waals surface area contributed by atoms with Crippen LogP contribution in [0.25, 0.3) is 0 Å². The van der Waals surface area contributed by atoms with Crippen molar-refractivity contribution in [2.45, 2.75) is 19.4 Å². The van der Waals surface area contributed by atoms with Crippen molar-refractivity contribution >= 4 is 11.6 Å². The number of anilines is 1. The summed E-state index contributed by atoms with van der Waals surface area (Å²) in [5, 5.41) is 6.04. The highest BCUT2D eigenvalue weighted by Gasteiger charge is 2.15. The average molecular weight is 247 g/mol. The molecule has 1 heterocycles. The van der Waals surface area contributed by atoms with Crippen molar-refractivity contribution < 1.29 is 4.79 Å². The first kappa shape index (κ1) is 12.9. The first-order valence-electron chi connectivity index (χ1n) is 6.45. The second-order valence-corrected chi connectivity index (χ2v) is 4.69. The highest BCUT2D eigenvalue weighted by Crippen LogP contribution is 2.25. The van der Waals surface area contributed by atoms with E-state index in [9.17, 15) is 4.79 Å². The molecule has 0 saturated carbocycles. The summed E-state index contributed by atoms with van der Waals surface area (Å²) in [6.45, 7) is 2.74. The molecule has 18 heavy (non-hydrogen) atoms. The van der Waals surface area contributed by atoms with Gasteiger partial charge in [-0.3, -0.25) is 4.79 Å². The molecule has 0 atom stereocenters. The maximum Gasteiger partial charge on any atom is 0.221 e. The summed E-state index contributed by atoms with van der Waals surface area (Å²) in [6, 6.07) is 6.42. The van der Waals surface area contributed by atoms with E-state index < -0.39 is 0 Å². The average Bonchev–Trinajstić information content (AvgIpc) is 2.43. The molecule has 4 heteroatoms. The van der Waals surface area contributed by atoms with Gasteiger partial charge in [0.2, 0.25) is 5.91 Å². The maximum absolute atomic E-state index is 11.3. The highest BCUT2D eigenvalue weighted by molar-refractivity contribution is 5.76. The van der Waals surface area contributed by atoms with Crippen molar-refractivity contribution in [3.8, 4) is 0 Å². The van der Waals surface area contributed by atoms with Crippen molar-refractivity contribution in [2.75, 3.05) is 32.1 Å². The summed E-state index contributed by atoms with van der Waals surface area (Å²) in [7, 11) is 3.74. The van der Waals surface area contributed by atoms with Gasteiger partial charge >= 0.3 is 0 Å². The molecule has 2 N–H and O–H groups in total. The van der Waals surface area contributed by atoms with Gasteiger partial charge in [0.25, 0.3) is 0 Å². The van der Waals surface area contributed by atoms with Crippen LogP contribution in [-0.4, -0.2) is 33.1 Å². The SMILES string of the molecule is CNC(=O)CCN(C)c1cccc2c1CCNC2. The molecule has 0 fully saturated rings. The minimum Gasteiger partial charge on any atom is -0.374 e. The van der Waals surface area contributed by atoms with Gasteiger partial charge in [0.15, 0.2) is 0 Å². The van der Waals surface area contributed by atoms with Gasteiger partial charge in [-0.05, 0) is 30.2 Å². The molecule has 0 radical (unpaired) electrons. The summed E-state index contributed by atoms with van der Waals surface area (Å²) in [4.78, 5) is 13.5. The van der Waals surface area contributed by atoms with E-state index in [-0.39, 0.29) is 5.91 Å². The molecule has 0 aliphatic carbocycles. The minimum absolute atomic E-state index is 0.0910. The zero-order chi connectivity index (χ0) is 13.0. The lowest BCUT2D eigenvalue weighted by atomic mass is 9.98. The largest absolute Gasteiger partial charge is 0.374 e. The van der Waals surface area contributed by atoms with E-state index in [0.29, 0.717) is 6.42 Å². The van der Waals surface area contributed by atoms with Crippen LogP contribution in [0, 0.1) is 0 Å². The predicted octanol–water partition coefficient (Wildman–Crippen LogP) is 0.905. The lowest BCUT2D eigenvalue weighted by molar-refractivity contribution is -0.120. The fourth-order valence-electron chi connectivity index (χ4n) is 2.38. The minimum atomic E-state index is 0.0910. The van der Waals surface area contributed by atoms with E-state index in [0.717, 1.165) is 26.1 Å². The third-order valence-electron chi connectivity index (χ3n) is 3.48. The Morgan fingerprint density at radius 1 is 1.50 bits per heavy atom. The molecule has 1 aliphatic heterocycles. The van der Waals surface area contributed by atoms with Gasteiger partial charge in [-0.1, -0.05) is 12.1 Å². The molecule has 0 spiro atoms. The molecule has 0 bridgehead atoms. The molecule has 1 aromatic rings. The second-order valence-electron chi connectivity index (χ2n) is 4.69. The number of rotatable bonds is 4. The first-order valence-corrected chi connectivity index (χ1v) is 6.45. The Kier molecular flexibility index (Phi) is 4.20. The third-order valence-corrected chi connectivity index (χ3v) is 3.48. The smallest absolute Gasteiger partial charge is 0.221 e. The fraction of sp³-hybridized carbons (Fsp3) is 0.500. The lowest BCUT2D eigenvalue weighted by Crippen LogP contribution is -2.29. The van der Waals surface area contributed by atoms with E-state index in [1.807, 2.05) is 0 Å². The van der Waals surface area contributed by atoms with Crippen LogP contribution >= 0.6 is 0 Å². The normalized spacial score (nSPS) is 13.9. The Labute approximate surface area is 108 Å². The van der Waals surface area contributed by atoms with Crippen molar-refractivity contribution in [1.82, 2.24) is 10.6 Å². The predicted molar refractivity (Wildman–Crippen MR) is 73.8 cm³/mol. The number of carbonyl (C=O) groups excluding carboxylic acids is 1. The van der Waals surface area contributed by atoms with Gasteiger partial charge in [-0.25, -0.2) is 0 Å². The summed E-state index contributed by atoms with van der Waals surface area (Å²) in [6.07, 6.45) is 1.60. The van der Waals surface area contributed by atoms with Crippen LogP contribution in [0.3, 0.4) is 0 Å². The number of hydrogen-bond acceptors (Lipinski definition) is 3. The van der Waals surface area contributed by atoms with Gasteiger partial charge < -0.3 is 15.5 Å².